The van der Waals surface area contributed by atoms with Gasteiger partial charge in [-0.2, -0.15) is 0 Å². The van der Waals surface area contributed by atoms with E-state index in [0.717, 1.165) is 41.1 Å². The Hall–Kier alpha value is -2.30. The smallest absolute Gasteiger partial charge is 0.152 e. The Morgan fingerprint density at radius 3 is 2.88 bits per heavy atom. The van der Waals surface area contributed by atoms with E-state index >= 15 is 0 Å². The molecule has 1 aromatic heterocycles. The molecule has 0 saturated carbocycles. The van der Waals surface area contributed by atoms with E-state index in [9.17, 15) is 0 Å². The molecule has 4 rings (SSSR count). The highest BCUT2D eigenvalue weighted by molar-refractivity contribution is 6.35. The van der Waals surface area contributed by atoms with Gasteiger partial charge in [-0.15, -0.1) is 0 Å². The third kappa shape index (κ3) is 2.79. The number of ether oxygens (including phenoxy) is 2. The fourth-order valence-electron chi connectivity index (χ4n) is 3.04. The normalized spacial score (nSPS) is 14.2. The Morgan fingerprint density at radius 1 is 1.25 bits per heavy atom. The molecule has 5 heteroatoms. The number of rotatable bonds is 3. The maximum atomic E-state index is 6.41. The summed E-state index contributed by atoms with van der Waals surface area (Å²) in [5.41, 5.74) is 3.13. The van der Waals surface area contributed by atoms with Crippen LogP contribution in [0.3, 0.4) is 0 Å². The molecule has 0 saturated heterocycles. The van der Waals surface area contributed by atoms with E-state index in [4.69, 9.17) is 21.1 Å². The second-order valence-corrected chi connectivity index (χ2v) is 6.26. The lowest BCUT2D eigenvalue weighted by Gasteiger charge is -2.29. The predicted octanol–water partition coefficient (Wildman–Crippen LogP) is 4.25. The number of halogens is 1. The lowest BCUT2D eigenvalue weighted by atomic mass is 10.1. The number of fused-ring (bicyclic) bond motifs is 3. The molecule has 2 heterocycles. The van der Waals surface area contributed by atoms with Gasteiger partial charge in [0.05, 0.1) is 12.1 Å². The summed E-state index contributed by atoms with van der Waals surface area (Å²) in [7, 11) is 1.67. The van der Waals surface area contributed by atoms with Crippen molar-refractivity contribution in [3.05, 3.63) is 64.8 Å². The molecule has 0 fully saturated rings. The molecule has 0 N–H and O–H groups in total. The Bertz CT molecular complexity index is 880. The van der Waals surface area contributed by atoms with E-state index in [1.807, 2.05) is 30.3 Å². The minimum absolute atomic E-state index is 0.534. The van der Waals surface area contributed by atoms with Gasteiger partial charge in [0, 0.05) is 30.2 Å². The summed E-state index contributed by atoms with van der Waals surface area (Å²) < 4.78 is 11.2. The summed E-state index contributed by atoms with van der Waals surface area (Å²) >= 11 is 6.41. The van der Waals surface area contributed by atoms with Gasteiger partial charge in [-0.25, -0.2) is 0 Å². The fourth-order valence-corrected chi connectivity index (χ4v) is 3.32. The molecule has 0 atom stereocenters. The third-order valence-electron chi connectivity index (χ3n) is 4.22. The van der Waals surface area contributed by atoms with Crippen molar-refractivity contribution in [1.29, 1.82) is 0 Å². The van der Waals surface area contributed by atoms with E-state index in [2.05, 4.69) is 22.0 Å². The summed E-state index contributed by atoms with van der Waals surface area (Å²) in [4.78, 5) is 6.67. The summed E-state index contributed by atoms with van der Waals surface area (Å²) in [6.07, 6.45) is 1.77. The Kier molecular flexibility index (Phi) is 4.00. The minimum atomic E-state index is 0.534. The van der Waals surface area contributed by atoms with Gasteiger partial charge in [0.15, 0.2) is 5.75 Å². The lowest BCUT2D eigenvalue weighted by molar-refractivity contribution is 0.0902. The number of pyridine rings is 1. The van der Waals surface area contributed by atoms with Crippen LogP contribution in [-0.2, 0) is 13.1 Å². The van der Waals surface area contributed by atoms with Crippen LogP contribution in [0.1, 0.15) is 11.1 Å². The van der Waals surface area contributed by atoms with Gasteiger partial charge in [0.1, 0.15) is 18.0 Å². The van der Waals surface area contributed by atoms with Gasteiger partial charge in [0.2, 0.25) is 0 Å². The molecule has 0 unspecified atom stereocenters. The monoisotopic (exact) mass is 340 g/mol. The van der Waals surface area contributed by atoms with Gasteiger partial charge in [-0.05, 0) is 35.9 Å². The first kappa shape index (κ1) is 15.2. The minimum Gasteiger partial charge on any atom is -0.497 e. The van der Waals surface area contributed by atoms with Crippen molar-refractivity contribution in [2.45, 2.75) is 13.1 Å². The summed E-state index contributed by atoms with van der Waals surface area (Å²) in [5, 5.41) is 1.65. The quantitative estimate of drug-likeness (QED) is 0.714. The van der Waals surface area contributed by atoms with Crippen molar-refractivity contribution in [2.24, 2.45) is 0 Å². The van der Waals surface area contributed by atoms with E-state index in [0.29, 0.717) is 11.8 Å². The predicted molar refractivity (Wildman–Crippen MR) is 94.5 cm³/mol. The number of methoxy groups -OCH3 is 1. The van der Waals surface area contributed by atoms with Crippen LogP contribution in [0.4, 0.5) is 0 Å². The molecule has 24 heavy (non-hydrogen) atoms. The van der Waals surface area contributed by atoms with E-state index in [1.54, 1.807) is 13.3 Å². The molecule has 2 aromatic carbocycles. The highest BCUT2D eigenvalue weighted by Gasteiger charge is 2.21. The summed E-state index contributed by atoms with van der Waals surface area (Å²) in [6.45, 7) is 2.13. The Balaban J connectivity index is 1.59. The maximum Gasteiger partial charge on any atom is 0.152 e. The SMILES string of the molecule is COc1ccc(CN2COc3c(cc(Cl)c4cccnc34)C2)cc1. The average Bonchev–Trinajstić information content (AvgIpc) is 2.62. The van der Waals surface area contributed by atoms with Crippen molar-refractivity contribution < 1.29 is 9.47 Å². The number of nitrogens with zero attached hydrogens (tertiary/aromatic N) is 2. The summed E-state index contributed by atoms with van der Waals surface area (Å²) in [6, 6.07) is 13.9. The first-order valence-corrected chi connectivity index (χ1v) is 8.16. The van der Waals surface area contributed by atoms with Gasteiger partial charge in [-0.3, -0.25) is 9.88 Å². The molecule has 0 aliphatic carbocycles. The van der Waals surface area contributed by atoms with Crippen molar-refractivity contribution >= 4 is 22.5 Å². The largest absolute Gasteiger partial charge is 0.497 e. The van der Waals surface area contributed by atoms with E-state index < -0.39 is 0 Å². The molecule has 1 aliphatic heterocycles. The van der Waals surface area contributed by atoms with Crippen molar-refractivity contribution in [3.8, 4) is 11.5 Å². The molecule has 0 amide bonds. The second-order valence-electron chi connectivity index (χ2n) is 5.85. The first-order valence-electron chi connectivity index (χ1n) is 7.79. The topological polar surface area (TPSA) is 34.6 Å². The Labute approximate surface area is 145 Å². The van der Waals surface area contributed by atoms with Crippen LogP contribution in [0.25, 0.3) is 10.9 Å². The van der Waals surface area contributed by atoms with Crippen LogP contribution in [0.5, 0.6) is 11.5 Å². The van der Waals surface area contributed by atoms with Gasteiger partial charge in [-0.1, -0.05) is 23.7 Å². The molecular weight excluding hydrogens is 324 g/mol. The van der Waals surface area contributed by atoms with Crippen LogP contribution < -0.4 is 9.47 Å². The Morgan fingerprint density at radius 2 is 2.08 bits per heavy atom. The highest BCUT2D eigenvalue weighted by Crippen LogP contribution is 2.36. The van der Waals surface area contributed by atoms with Gasteiger partial charge >= 0.3 is 0 Å². The molecule has 0 spiro atoms. The van der Waals surface area contributed by atoms with Crippen LogP contribution >= 0.6 is 11.6 Å². The number of hydrogen-bond donors (Lipinski definition) is 0. The van der Waals surface area contributed by atoms with Crippen molar-refractivity contribution in [3.63, 3.8) is 0 Å². The lowest BCUT2D eigenvalue weighted by Crippen LogP contribution is -2.31. The van der Waals surface area contributed by atoms with Crippen LogP contribution in [0.2, 0.25) is 5.02 Å². The molecule has 0 radical (unpaired) electrons. The number of hydrogen-bond acceptors (Lipinski definition) is 4. The number of benzene rings is 2. The second kappa shape index (κ2) is 6.30. The summed E-state index contributed by atoms with van der Waals surface area (Å²) in [5.74, 6) is 1.71. The first-order chi connectivity index (χ1) is 11.7. The van der Waals surface area contributed by atoms with Crippen LogP contribution in [-0.4, -0.2) is 23.7 Å². The zero-order chi connectivity index (χ0) is 16.5. The van der Waals surface area contributed by atoms with E-state index in [1.165, 1.54) is 5.56 Å². The molecule has 122 valence electrons. The van der Waals surface area contributed by atoms with Crippen molar-refractivity contribution in [1.82, 2.24) is 9.88 Å². The fraction of sp³-hybridized carbons (Fsp3) is 0.211. The number of aromatic nitrogens is 1. The average molecular weight is 341 g/mol. The highest BCUT2D eigenvalue weighted by atomic mass is 35.5. The van der Waals surface area contributed by atoms with Crippen LogP contribution in [0.15, 0.2) is 48.7 Å². The van der Waals surface area contributed by atoms with Gasteiger partial charge in [0.25, 0.3) is 0 Å². The zero-order valence-corrected chi connectivity index (χ0v) is 14.1. The zero-order valence-electron chi connectivity index (χ0n) is 13.3. The third-order valence-corrected chi connectivity index (χ3v) is 4.54. The van der Waals surface area contributed by atoms with Crippen LogP contribution in [0, 0.1) is 0 Å². The van der Waals surface area contributed by atoms with E-state index in [-0.39, 0.29) is 0 Å². The van der Waals surface area contributed by atoms with Gasteiger partial charge < -0.3 is 9.47 Å². The maximum absolute atomic E-state index is 6.41. The molecular formula is C19H17ClN2O2. The molecule has 1 aliphatic rings. The standard InChI is InChI=1S/C19H17ClN2O2/c1-23-15-6-4-13(5-7-15)10-22-11-14-9-17(20)16-3-2-8-21-18(16)19(14)24-12-22/h2-9H,10-12H2,1H3. The molecule has 3 aromatic rings. The molecule has 4 nitrogen and oxygen atoms in total. The molecule has 0 bridgehead atoms. The van der Waals surface area contributed by atoms with Crippen molar-refractivity contribution in [2.75, 3.05) is 13.8 Å².